The summed E-state index contributed by atoms with van der Waals surface area (Å²) in [7, 11) is 0. The molecule has 2 N–H and O–H groups in total. The number of aryl methyl sites for hydroxylation is 1. The van der Waals surface area contributed by atoms with Crippen LogP contribution >= 0.6 is 0 Å². The molecule has 2 aliphatic rings. The summed E-state index contributed by atoms with van der Waals surface area (Å²) in [4.78, 5) is 14.5. The molecule has 0 aliphatic carbocycles. The molecule has 6 heteroatoms. The van der Waals surface area contributed by atoms with Crippen LogP contribution in [0.3, 0.4) is 0 Å². The Labute approximate surface area is 158 Å². The molecule has 5 nitrogen and oxygen atoms in total. The maximum absolute atomic E-state index is 14.2. The van der Waals surface area contributed by atoms with Crippen molar-refractivity contribution < 1.29 is 13.9 Å². The Morgan fingerprint density at radius 3 is 2.96 bits per heavy atom. The van der Waals surface area contributed by atoms with E-state index in [1.807, 2.05) is 42.2 Å². The maximum atomic E-state index is 14.2. The summed E-state index contributed by atoms with van der Waals surface area (Å²) in [6, 6.07) is 12.5. The topological polar surface area (TPSA) is 53.6 Å². The van der Waals surface area contributed by atoms with Gasteiger partial charge in [0.2, 0.25) is 0 Å². The molecule has 0 bridgehead atoms. The largest absolute Gasteiger partial charge is 0.491 e. The van der Waals surface area contributed by atoms with Crippen LogP contribution in [-0.4, -0.2) is 31.8 Å². The zero-order valence-corrected chi connectivity index (χ0v) is 15.4. The van der Waals surface area contributed by atoms with Gasteiger partial charge in [0.25, 0.3) is 0 Å². The highest BCUT2D eigenvalue weighted by Gasteiger charge is 2.27. The minimum Gasteiger partial charge on any atom is -0.491 e. The number of urea groups is 1. The van der Waals surface area contributed by atoms with Gasteiger partial charge in [-0.25, -0.2) is 9.18 Å². The predicted molar refractivity (Wildman–Crippen MR) is 103 cm³/mol. The summed E-state index contributed by atoms with van der Waals surface area (Å²) < 4.78 is 19.8. The number of carbonyl (C=O) groups is 1. The molecule has 1 saturated heterocycles. The van der Waals surface area contributed by atoms with Crippen molar-refractivity contribution in [2.45, 2.75) is 31.8 Å². The Hall–Kier alpha value is -2.76. The number of para-hydroxylation sites is 1. The molecule has 2 aromatic rings. The fourth-order valence-electron chi connectivity index (χ4n) is 3.85. The molecule has 2 aliphatic heterocycles. The van der Waals surface area contributed by atoms with E-state index in [4.69, 9.17) is 4.74 Å². The quantitative estimate of drug-likeness (QED) is 0.870. The van der Waals surface area contributed by atoms with Crippen LogP contribution in [0.25, 0.3) is 0 Å². The van der Waals surface area contributed by atoms with Gasteiger partial charge in [-0.15, -0.1) is 0 Å². The van der Waals surface area contributed by atoms with Crippen molar-refractivity contribution in [3.63, 3.8) is 0 Å². The summed E-state index contributed by atoms with van der Waals surface area (Å²) in [6.07, 6.45) is 1.79. The summed E-state index contributed by atoms with van der Waals surface area (Å²) in [6.45, 7) is 3.80. The van der Waals surface area contributed by atoms with Crippen molar-refractivity contribution in [3.05, 3.63) is 59.4 Å². The number of anilines is 1. The summed E-state index contributed by atoms with van der Waals surface area (Å²) in [5.74, 6) is 0.604. The van der Waals surface area contributed by atoms with Crippen molar-refractivity contribution in [1.29, 1.82) is 0 Å². The maximum Gasteiger partial charge on any atom is 0.315 e. The molecule has 0 aromatic heterocycles. The minimum atomic E-state index is -0.217. The number of fused-ring (bicyclic) bond motifs is 1. The van der Waals surface area contributed by atoms with Crippen LogP contribution in [0.15, 0.2) is 42.5 Å². The van der Waals surface area contributed by atoms with E-state index < -0.39 is 0 Å². The average Bonchev–Trinajstić information content (AvgIpc) is 3.07. The Kier molecular flexibility index (Phi) is 4.88. The Balaban J connectivity index is 1.37. The lowest BCUT2D eigenvalue weighted by atomic mass is 10.0. The SMILES string of the molecule is Cc1ccc(F)c(N2CCCC(NC(=O)NC3COc4ccccc43)C2)c1. The zero-order chi connectivity index (χ0) is 18.8. The van der Waals surface area contributed by atoms with Gasteiger partial charge in [-0.05, 0) is 43.5 Å². The van der Waals surface area contributed by atoms with Gasteiger partial charge in [0.15, 0.2) is 0 Å². The second-order valence-corrected chi connectivity index (χ2v) is 7.26. The molecule has 142 valence electrons. The standard InChI is InChI=1S/C21H24FN3O2/c1-14-8-9-17(22)19(11-14)25-10-4-5-15(12-25)23-21(26)24-18-13-27-20-7-3-2-6-16(18)20/h2-3,6-9,11,15,18H,4-5,10,12-13H2,1H3,(H2,23,24,26). The van der Waals surface area contributed by atoms with Crippen molar-refractivity contribution in [1.82, 2.24) is 10.6 Å². The molecule has 2 aromatic carbocycles. The van der Waals surface area contributed by atoms with Crippen molar-refractivity contribution in [2.24, 2.45) is 0 Å². The fraction of sp³-hybridized carbons (Fsp3) is 0.381. The molecule has 0 spiro atoms. The highest BCUT2D eigenvalue weighted by Crippen LogP contribution is 2.31. The number of carbonyl (C=O) groups excluding carboxylic acids is 1. The zero-order valence-electron chi connectivity index (χ0n) is 15.4. The summed E-state index contributed by atoms with van der Waals surface area (Å²) >= 11 is 0. The second-order valence-electron chi connectivity index (χ2n) is 7.26. The third-order valence-corrected chi connectivity index (χ3v) is 5.20. The molecular weight excluding hydrogens is 345 g/mol. The molecular formula is C21H24FN3O2. The second kappa shape index (κ2) is 7.47. The first-order valence-electron chi connectivity index (χ1n) is 9.40. The number of benzene rings is 2. The first-order valence-corrected chi connectivity index (χ1v) is 9.40. The van der Waals surface area contributed by atoms with E-state index in [9.17, 15) is 9.18 Å². The molecule has 0 radical (unpaired) electrons. The lowest BCUT2D eigenvalue weighted by Crippen LogP contribution is -2.51. The predicted octanol–water partition coefficient (Wildman–Crippen LogP) is 3.54. The molecule has 2 amide bonds. The highest BCUT2D eigenvalue weighted by atomic mass is 19.1. The van der Waals surface area contributed by atoms with E-state index >= 15 is 0 Å². The molecule has 27 heavy (non-hydrogen) atoms. The number of hydrogen-bond acceptors (Lipinski definition) is 3. The van der Waals surface area contributed by atoms with E-state index in [1.54, 1.807) is 6.07 Å². The van der Waals surface area contributed by atoms with Crippen LogP contribution in [0.5, 0.6) is 5.75 Å². The smallest absolute Gasteiger partial charge is 0.315 e. The van der Waals surface area contributed by atoms with Gasteiger partial charge in [0.1, 0.15) is 18.2 Å². The van der Waals surface area contributed by atoms with Crippen LogP contribution < -0.4 is 20.3 Å². The van der Waals surface area contributed by atoms with E-state index in [0.29, 0.717) is 18.8 Å². The Morgan fingerprint density at radius 1 is 1.22 bits per heavy atom. The molecule has 2 atom stereocenters. The number of halogens is 1. The lowest BCUT2D eigenvalue weighted by molar-refractivity contribution is 0.226. The highest BCUT2D eigenvalue weighted by molar-refractivity contribution is 5.75. The normalized spacial score (nSPS) is 21.3. The Morgan fingerprint density at radius 2 is 2.07 bits per heavy atom. The average molecular weight is 369 g/mol. The van der Waals surface area contributed by atoms with Crippen LogP contribution in [0, 0.1) is 12.7 Å². The number of rotatable bonds is 3. The van der Waals surface area contributed by atoms with E-state index in [1.165, 1.54) is 6.07 Å². The van der Waals surface area contributed by atoms with Crippen molar-refractivity contribution >= 4 is 11.7 Å². The number of piperidine rings is 1. The van der Waals surface area contributed by atoms with Crippen molar-refractivity contribution in [2.75, 3.05) is 24.6 Å². The first-order chi connectivity index (χ1) is 13.1. The van der Waals surface area contributed by atoms with Gasteiger partial charge in [-0.1, -0.05) is 24.3 Å². The van der Waals surface area contributed by atoms with Gasteiger partial charge in [0.05, 0.1) is 11.7 Å². The molecule has 4 rings (SSSR count). The number of nitrogens with zero attached hydrogens (tertiary/aromatic N) is 1. The molecule has 2 unspecified atom stereocenters. The number of hydrogen-bond donors (Lipinski definition) is 2. The Bertz CT molecular complexity index is 842. The third-order valence-electron chi connectivity index (χ3n) is 5.20. The summed E-state index contributed by atoms with van der Waals surface area (Å²) in [5.41, 5.74) is 2.64. The minimum absolute atomic E-state index is 0.0174. The first kappa shape index (κ1) is 17.6. The third kappa shape index (κ3) is 3.84. The monoisotopic (exact) mass is 369 g/mol. The van der Waals surface area contributed by atoms with Crippen molar-refractivity contribution in [3.8, 4) is 5.75 Å². The van der Waals surface area contributed by atoms with E-state index in [2.05, 4.69) is 10.6 Å². The molecule has 1 fully saturated rings. The van der Waals surface area contributed by atoms with Gasteiger partial charge >= 0.3 is 6.03 Å². The van der Waals surface area contributed by atoms with Crippen LogP contribution in [-0.2, 0) is 0 Å². The van der Waals surface area contributed by atoms with Crippen LogP contribution in [0.4, 0.5) is 14.9 Å². The molecule has 2 heterocycles. The van der Waals surface area contributed by atoms with Crippen LogP contribution in [0.1, 0.15) is 30.0 Å². The number of ether oxygens (including phenoxy) is 1. The van der Waals surface area contributed by atoms with Gasteiger partial charge in [0, 0.05) is 24.7 Å². The lowest BCUT2D eigenvalue weighted by Gasteiger charge is -2.35. The molecule has 0 saturated carbocycles. The van der Waals surface area contributed by atoms with E-state index in [0.717, 1.165) is 36.3 Å². The van der Waals surface area contributed by atoms with E-state index in [-0.39, 0.29) is 23.9 Å². The summed E-state index contributed by atoms with van der Waals surface area (Å²) in [5, 5.41) is 6.03. The number of amides is 2. The van der Waals surface area contributed by atoms with Gasteiger partial charge in [-0.2, -0.15) is 0 Å². The van der Waals surface area contributed by atoms with Gasteiger partial charge < -0.3 is 20.3 Å². The van der Waals surface area contributed by atoms with Crippen LogP contribution in [0.2, 0.25) is 0 Å². The van der Waals surface area contributed by atoms with Gasteiger partial charge in [-0.3, -0.25) is 0 Å². The fourth-order valence-corrected chi connectivity index (χ4v) is 3.85. The number of nitrogens with one attached hydrogen (secondary N) is 2.